The molecular formula is C12H16N2OS. The van der Waals surface area contributed by atoms with Crippen LogP contribution in [0.5, 0.6) is 0 Å². The SMILES string of the molecule is CSc1ccccc1NC(=O)[C@@H]1CCCN1. The summed E-state index contributed by atoms with van der Waals surface area (Å²) in [7, 11) is 0. The van der Waals surface area contributed by atoms with Crippen LogP contribution in [0, 0.1) is 0 Å². The van der Waals surface area contributed by atoms with Crippen molar-refractivity contribution in [2.75, 3.05) is 18.1 Å². The van der Waals surface area contributed by atoms with E-state index in [1.54, 1.807) is 11.8 Å². The molecule has 0 unspecified atom stereocenters. The van der Waals surface area contributed by atoms with Crippen molar-refractivity contribution in [2.24, 2.45) is 0 Å². The van der Waals surface area contributed by atoms with Crippen molar-refractivity contribution in [3.05, 3.63) is 24.3 Å². The average molecular weight is 236 g/mol. The summed E-state index contributed by atoms with van der Waals surface area (Å²) in [6, 6.07) is 7.86. The molecule has 0 aromatic heterocycles. The van der Waals surface area contributed by atoms with E-state index in [2.05, 4.69) is 10.6 Å². The number of hydrogen-bond acceptors (Lipinski definition) is 3. The third-order valence-electron chi connectivity index (χ3n) is 2.74. The average Bonchev–Trinajstić information content (AvgIpc) is 2.83. The van der Waals surface area contributed by atoms with Gasteiger partial charge in [-0.25, -0.2) is 0 Å². The molecule has 1 aromatic carbocycles. The molecule has 3 nitrogen and oxygen atoms in total. The van der Waals surface area contributed by atoms with Crippen LogP contribution in [0.4, 0.5) is 5.69 Å². The summed E-state index contributed by atoms with van der Waals surface area (Å²) in [5.74, 6) is 0.0824. The van der Waals surface area contributed by atoms with E-state index in [1.807, 2.05) is 30.5 Å². The maximum absolute atomic E-state index is 11.9. The van der Waals surface area contributed by atoms with Crippen molar-refractivity contribution < 1.29 is 4.79 Å². The zero-order chi connectivity index (χ0) is 11.4. The second-order valence-corrected chi connectivity index (χ2v) is 4.69. The Hall–Kier alpha value is -1.00. The molecule has 0 saturated carbocycles. The Morgan fingerprint density at radius 1 is 1.50 bits per heavy atom. The van der Waals surface area contributed by atoms with Gasteiger partial charge in [0.1, 0.15) is 0 Å². The molecule has 0 spiro atoms. The molecule has 1 aliphatic heterocycles. The van der Waals surface area contributed by atoms with Crippen molar-refractivity contribution >= 4 is 23.4 Å². The van der Waals surface area contributed by atoms with Crippen LogP contribution >= 0.6 is 11.8 Å². The van der Waals surface area contributed by atoms with Gasteiger partial charge in [0.15, 0.2) is 0 Å². The molecule has 2 rings (SSSR count). The number of nitrogens with one attached hydrogen (secondary N) is 2. The Bertz CT molecular complexity index is 375. The number of amides is 1. The van der Waals surface area contributed by atoms with Crippen LogP contribution < -0.4 is 10.6 Å². The number of anilines is 1. The van der Waals surface area contributed by atoms with Gasteiger partial charge in [0.25, 0.3) is 0 Å². The Balaban J connectivity index is 2.05. The molecule has 86 valence electrons. The van der Waals surface area contributed by atoms with Gasteiger partial charge in [0.2, 0.25) is 5.91 Å². The van der Waals surface area contributed by atoms with Crippen molar-refractivity contribution in [3.63, 3.8) is 0 Å². The number of hydrogen-bond donors (Lipinski definition) is 2. The summed E-state index contributed by atoms with van der Waals surface area (Å²) in [6.45, 7) is 0.947. The van der Waals surface area contributed by atoms with Crippen molar-refractivity contribution in [1.82, 2.24) is 5.32 Å². The number of rotatable bonds is 3. The topological polar surface area (TPSA) is 41.1 Å². The standard InChI is InChI=1S/C12H16N2OS/c1-16-11-7-3-2-5-9(11)14-12(15)10-6-4-8-13-10/h2-3,5,7,10,13H,4,6,8H2,1H3,(H,14,15)/t10-/m0/s1. The van der Waals surface area contributed by atoms with Crippen molar-refractivity contribution in [2.45, 2.75) is 23.8 Å². The first-order valence-corrected chi connectivity index (χ1v) is 6.71. The third-order valence-corrected chi connectivity index (χ3v) is 3.54. The third kappa shape index (κ3) is 2.57. The second kappa shape index (κ2) is 5.37. The maximum Gasteiger partial charge on any atom is 0.241 e. The number of para-hydroxylation sites is 1. The van der Waals surface area contributed by atoms with E-state index in [1.165, 1.54) is 0 Å². The number of thioether (sulfide) groups is 1. The van der Waals surface area contributed by atoms with Crippen LogP contribution in [0.15, 0.2) is 29.2 Å². The molecule has 1 aliphatic rings. The van der Waals surface area contributed by atoms with Gasteiger partial charge in [-0.2, -0.15) is 0 Å². The lowest BCUT2D eigenvalue weighted by molar-refractivity contribution is -0.117. The highest BCUT2D eigenvalue weighted by Crippen LogP contribution is 2.25. The zero-order valence-electron chi connectivity index (χ0n) is 9.32. The lowest BCUT2D eigenvalue weighted by atomic mass is 10.2. The Labute approximate surface area is 100.0 Å². The predicted molar refractivity (Wildman–Crippen MR) is 67.9 cm³/mol. The van der Waals surface area contributed by atoms with Crippen molar-refractivity contribution in [1.29, 1.82) is 0 Å². The normalized spacial score (nSPS) is 19.7. The van der Waals surface area contributed by atoms with Crippen LogP contribution in [-0.2, 0) is 4.79 Å². The summed E-state index contributed by atoms with van der Waals surface area (Å²) >= 11 is 1.64. The van der Waals surface area contributed by atoms with E-state index in [9.17, 15) is 4.79 Å². The van der Waals surface area contributed by atoms with Gasteiger partial charge in [0.05, 0.1) is 11.7 Å². The minimum atomic E-state index is -0.0186. The first-order valence-electron chi connectivity index (χ1n) is 5.48. The molecule has 0 bridgehead atoms. The van der Waals surface area contributed by atoms with Crippen LogP contribution in [-0.4, -0.2) is 24.7 Å². The van der Waals surface area contributed by atoms with E-state index in [0.29, 0.717) is 0 Å². The Kier molecular flexibility index (Phi) is 3.85. The van der Waals surface area contributed by atoms with Crippen LogP contribution in [0.25, 0.3) is 0 Å². The van der Waals surface area contributed by atoms with Gasteiger partial charge < -0.3 is 10.6 Å². The van der Waals surface area contributed by atoms with E-state index in [0.717, 1.165) is 30.0 Å². The van der Waals surface area contributed by atoms with Crippen LogP contribution in [0.3, 0.4) is 0 Å². The van der Waals surface area contributed by atoms with Gasteiger partial charge in [-0.05, 0) is 37.8 Å². The molecule has 1 atom stereocenters. The largest absolute Gasteiger partial charge is 0.324 e. The van der Waals surface area contributed by atoms with Crippen LogP contribution in [0.2, 0.25) is 0 Å². The first kappa shape index (κ1) is 11.5. The molecule has 1 amide bonds. The molecule has 1 saturated heterocycles. The van der Waals surface area contributed by atoms with E-state index < -0.39 is 0 Å². The first-order chi connectivity index (χ1) is 7.81. The molecule has 4 heteroatoms. The van der Waals surface area contributed by atoms with E-state index in [4.69, 9.17) is 0 Å². The minimum absolute atomic E-state index is 0.0186. The molecule has 1 fully saturated rings. The monoisotopic (exact) mass is 236 g/mol. The highest BCUT2D eigenvalue weighted by atomic mass is 32.2. The Morgan fingerprint density at radius 2 is 2.31 bits per heavy atom. The fourth-order valence-corrected chi connectivity index (χ4v) is 2.43. The summed E-state index contributed by atoms with van der Waals surface area (Å²) < 4.78 is 0. The molecule has 0 aliphatic carbocycles. The molecule has 0 radical (unpaired) electrons. The smallest absolute Gasteiger partial charge is 0.241 e. The van der Waals surface area contributed by atoms with Gasteiger partial charge in [-0.1, -0.05) is 12.1 Å². The molecular weight excluding hydrogens is 220 g/mol. The molecule has 1 aromatic rings. The lowest BCUT2D eigenvalue weighted by Gasteiger charge is -2.13. The van der Waals surface area contributed by atoms with Gasteiger partial charge in [-0.15, -0.1) is 11.8 Å². The second-order valence-electron chi connectivity index (χ2n) is 3.84. The summed E-state index contributed by atoms with van der Waals surface area (Å²) in [6.07, 6.45) is 4.04. The van der Waals surface area contributed by atoms with Gasteiger partial charge in [0, 0.05) is 4.90 Å². The van der Waals surface area contributed by atoms with Gasteiger partial charge in [-0.3, -0.25) is 4.79 Å². The highest BCUT2D eigenvalue weighted by molar-refractivity contribution is 7.98. The van der Waals surface area contributed by atoms with E-state index >= 15 is 0 Å². The van der Waals surface area contributed by atoms with E-state index in [-0.39, 0.29) is 11.9 Å². The summed E-state index contributed by atoms with van der Waals surface area (Å²) in [5, 5.41) is 6.18. The zero-order valence-corrected chi connectivity index (χ0v) is 10.1. The van der Waals surface area contributed by atoms with Crippen LogP contribution in [0.1, 0.15) is 12.8 Å². The fourth-order valence-electron chi connectivity index (χ4n) is 1.88. The highest BCUT2D eigenvalue weighted by Gasteiger charge is 2.22. The molecule has 2 N–H and O–H groups in total. The predicted octanol–water partition coefficient (Wildman–Crippen LogP) is 2.10. The Morgan fingerprint density at radius 3 is 3.00 bits per heavy atom. The summed E-state index contributed by atoms with van der Waals surface area (Å²) in [5.41, 5.74) is 0.911. The quantitative estimate of drug-likeness (QED) is 0.790. The number of carbonyl (C=O) groups excluding carboxylic acids is 1. The fraction of sp³-hybridized carbons (Fsp3) is 0.417. The molecule has 16 heavy (non-hydrogen) atoms. The number of carbonyl (C=O) groups is 1. The maximum atomic E-state index is 11.9. The molecule has 1 heterocycles. The van der Waals surface area contributed by atoms with Crippen molar-refractivity contribution in [3.8, 4) is 0 Å². The van der Waals surface area contributed by atoms with Gasteiger partial charge >= 0.3 is 0 Å². The number of benzene rings is 1. The minimum Gasteiger partial charge on any atom is -0.324 e. The lowest BCUT2D eigenvalue weighted by Crippen LogP contribution is -2.35. The summed E-state index contributed by atoms with van der Waals surface area (Å²) in [4.78, 5) is 13.0.